The van der Waals surface area contributed by atoms with Gasteiger partial charge in [-0.3, -0.25) is 19.2 Å². The molecule has 4 amide bonds. The van der Waals surface area contributed by atoms with Crippen molar-refractivity contribution in [1.29, 1.82) is 0 Å². The number of ether oxygens (including phenoxy) is 3. The number of nitrogens with zero attached hydrogens (tertiary/aromatic N) is 2. The summed E-state index contributed by atoms with van der Waals surface area (Å²) in [6.45, 7) is 8.96. The third-order valence-corrected chi connectivity index (χ3v) is 9.42. The normalized spacial score (nSPS) is 18.7. The average molecular weight is 721 g/mol. The standard InChI is InChI=1S/C34H49FN6O8S/c1-21-28(50-20-39-21)22-5-6-23(26(15-22)49-19-27(43)37-10-12-48-14-13-47-11-9-36)17-38-30(44)25-16-24(42)18-41(25)31(45)29(33(2,3)4)40-32(46)34(35)7-8-34/h5-6,15,20,24-25,29,42H,7-14,16-19,36H2,1-4H3,(H,37,43)(H,38,44)(H,40,46)/t24-,25+,29-/m1/s1. The van der Waals surface area contributed by atoms with Crippen LogP contribution in [0.2, 0.25) is 0 Å². The van der Waals surface area contributed by atoms with E-state index in [4.69, 9.17) is 19.9 Å². The molecule has 1 aromatic heterocycles. The molecule has 2 fully saturated rings. The van der Waals surface area contributed by atoms with E-state index in [-0.39, 0.29) is 51.4 Å². The van der Waals surface area contributed by atoms with Crippen molar-refractivity contribution in [1.82, 2.24) is 25.8 Å². The zero-order valence-corrected chi connectivity index (χ0v) is 29.9. The number of alkyl halides is 1. The average Bonchev–Trinajstić information content (AvgIpc) is 3.48. The molecule has 1 saturated heterocycles. The summed E-state index contributed by atoms with van der Waals surface area (Å²) in [6, 6.07) is 3.29. The number of hydrogen-bond donors (Lipinski definition) is 5. The van der Waals surface area contributed by atoms with Crippen LogP contribution in [0.25, 0.3) is 10.4 Å². The van der Waals surface area contributed by atoms with Crippen LogP contribution in [0.15, 0.2) is 23.7 Å². The monoisotopic (exact) mass is 720 g/mol. The Hall–Kier alpha value is -3.70. The van der Waals surface area contributed by atoms with Crippen molar-refractivity contribution < 1.29 is 42.9 Å². The van der Waals surface area contributed by atoms with Crippen LogP contribution >= 0.6 is 11.3 Å². The number of hydrogen-bond acceptors (Lipinski definition) is 11. The smallest absolute Gasteiger partial charge is 0.258 e. The number of nitrogens with two attached hydrogens (primary N) is 1. The maximum Gasteiger partial charge on any atom is 0.258 e. The van der Waals surface area contributed by atoms with Crippen LogP contribution in [0.5, 0.6) is 5.75 Å². The third kappa shape index (κ3) is 10.7. The van der Waals surface area contributed by atoms with E-state index in [1.807, 2.05) is 13.0 Å². The number of thiazole rings is 1. The van der Waals surface area contributed by atoms with Crippen LogP contribution in [0, 0.1) is 12.3 Å². The van der Waals surface area contributed by atoms with Crippen molar-refractivity contribution >= 4 is 35.0 Å². The largest absolute Gasteiger partial charge is 0.483 e. The summed E-state index contributed by atoms with van der Waals surface area (Å²) >= 11 is 1.46. The SMILES string of the molecule is Cc1ncsc1-c1ccc(CNC(=O)[C@@H]2C[C@@H](O)CN2C(=O)[C@@H](NC(=O)C2(F)CC2)C(C)(C)C)c(OCC(=O)NCCOCCOCCN)c1. The van der Waals surface area contributed by atoms with Gasteiger partial charge in [-0.05, 0) is 36.8 Å². The van der Waals surface area contributed by atoms with Crippen molar-refractivity contribution in [2.75, 3.05) is 52.7 Å². The van der Waals surface area contributed by atoms with Crippen molar-refractivity contribution in [3.63, 3.8) is 0 Å². The highest BCUT2D eigenvalue weighted by Gasteiger charge is 2.53. The Morgan fingerprint density at radius 3 is 2.50 bits per heavy atom. The highest BCUT2D eigenvalue weighted by atomic mass is 32.1. The van der Waals surface area contributed by atoms with E-state index in [2.05, 4.69) is 20.9 Å². The Bertz CT molecular complexity index is 1500. The zero-order valence-electron chi connectivity index (χ0n) is 29.1. The number of aliphatic hydroxyl groups is 1. The maximum atomic E-state index is 14.5. The van der Waals surface area contributed by atoms with Crippen LogP contribution in [0.3, 0.4) is 0 Å². The molecule has 0 spiro atoms. The Kier molecular flexibility index (Phi) is 13.7. The minimum Gasteiger partial charge on any atom is -0.483 e. The Morgan fingerprint density at radius 1 is 1.14 bits per heavy atom. The number of carbonyl (C=O) groups excluding carboxylic acids is 4. The zero-order chi connectivity index (χ0) is 36.5. The first kappa shape index (κ1) is 39.1. The van der Waals surface area contributed by atoms with Crippen molar-refractivity contribution in [3.05, 3.63) is 35.0 Å². The second-order valence-corrected chi connectivity index (χ2v) is 14.4. The number of nitrogens with one attached hydrogen (secondary N) is 3. The lowest BCUT2D eigenvalue weighted by Gasteiger charge is -2.35. The lowest BCUT2D eigenvalue weighted by Crippen LogP contribution is -2.59. The van der Waals surface area contributed by atoms with Crippen LogP contribution < -0.4 is 26.4 Å². The molecular formula is C34H49FN6O8S. The number of aryl methyl sites for hydroxylation is 1. The number of likely N-dealkylation sites (tertiary alicyclic amines) is 1. The van der Waals surface area contributed by atoms with Crippen LogP contribution in [-0.2, 0) is 35.2 Å². The first-order valence-electron chi connectivity index (χ1n) is 16.8. The van der Waals surface area contributed by atoms with Gasteiger partial charge in [-0.15, -0.1) is 11.3 Å². The molecule has 4 rings (SSSR count). The maximum absolute atomic E-state index is 14.5. The highest BCUT2D eigenvalue weighted by Crippen LogP contribution is 2.40. The molecule has 3 atom stereocenters. The molecule has 276 valence electrons. The molecule has 0 bridgehead atoms. The second-order valence-electron chi connectivity index (χ2n) is 13.6. The number of β-amino-alcohol motifs (C(OH)–C–C–N with tert-alkyl or cyclic N) is 1. The molecule has 16 heteroatoms. The summed E-state index contributed by atoms with van der Waals surface area (Å²) in [6.07, 6.45) is -0.774. The lowest BCUT2D eigenvalue weighted by atomic mass is 9.85. The summed E-state index contributed by atoms with van der Waals surface area (Å²) in [7, 11) is 0. The lowest BCUT2D eigenvalue weighted by molar-refractivity contribution is -0.145. The van der Waals surface area contributed by atoms with Crippen LogP contribution in [0.4, 0.5) is 4.39 Å². The summed E-state index contributed by atoms with van der Waals surface area (Å²) < 4.78 is 31.1. The summed E-state index contributed by atoms with van der Waals surface area (Å²) in [4.78, 5) is 59.0. The molecule has 2 heterocycles. The summed E-state index contributed by atoms with van der Waals surface area (Å²) in [5.74, 6) is -1.93. The number of rotatable bonds is 18. The number of halogens is 1. The van der Waals surface area contributed by atoms with Gasteiger partial charge >= 0.3 is 0 Å². The molecular weight excluding hydrogens is 671 g/mol. The molecule has 6 N–H and O–H groups in total. The fourth-order valence-corrected chi connectivity index (χ4v) is 6.24. The molecule has 1 aliphatic heterocycles. The topological polar surface area (TPSA) is 194 Å². The van der Waals surface area contributed by atoms with Gasteiger partial charge in [-0.2, -0.15) is 0 Å². The van der Waals surface area contributed by atoms with E-state index >= 15 is 0 Å². The predicted molar refractivity (Wildman–Crippen MR) is 184 cm³/mol. The van der Waals surface area contributed by atoms with Crippen LogP contribution in [-0.4, -0.2) is 115 Å². The quantitative estimate of drug-likeness (QED) is 0.140. The van der Waals surface area contributed by atoms with Gasteiger partial charge in [0.15, 0.2) is 12.3 Å². The molecule has 2 aromatic rings. The van der Waals surface area contributed by atoms with Gasteiger partial charge in [0.2, 0.25) is 11.8 Å². The van der Waals surface area contributed by atoms with E-state index in [1.165, 1.54) is 16.2 Å². The minimum absolute atomic E-state index is 0.00373. The van der Waals surface area contributed by atoms with E-state index in [1.54, 1.807) is 38.4 Å². The van der Waals surface area contributed by atoms with Gasteiger partial charge in [-0.1, -0.05) is 32.9 Å². The predicted octanol–water partition coefficient (Wildman–Crippen LogP) is 1.22. The number of aliphatic hydroxyl groups excluding tert-OH is 1. The Balaban J connectivity index is 1.40. The van der Waals surface area contributed by atoms with Crippen molar-refractivity contribution in [3.8, 4) is 16.2 Å². The molecule has 1 aliphatic carbocycles. The van der Waals surface area contributed by atoms with Crippen molar-refractivity contribution in [2.24, 2.45) is 11.1 Å². The van der Waals surface area contributed by atoms with Crippen LogP contribution in [0.1, 0.15) is 51.3 Å². The summed E-state index contributed by atoms with van der Waals surface area (Å²) in [5, 5.41) is 18.6. The van der Waals surface area contributed by atoms with Gasteiger partial charge in [0.25, 0.3) is 11.8 Å². The molecule has 1 aromatic carbocycles. The fraction of sp³-hybridized carbons (Fsp3) is 0.618. The minimum atomic E-state index is -1.98. The van der Waals surface area contributed by atoms with Gasteiger partial charge in [0.05, 0.1) is 48.6 Å². The molecule has 14 nitrogen and oxygen atoms in total. The van der Waals surface area contributed by atoms with E-state index in [9.17, 15) is 28.7 Å². The van der Waals surface area contributed by atoms with E-state index in [0.717, 1.165) is 16.1 Å². The molecule has 50 heavy (non-hydrogen) atoms. The molecule has 0 unspecified atom stereocenters. The molecule has 2 aliphatic rings. The highest BCUT2D eigenvalue weighted by molar-refractivity contribution is 7.13. The molecule has 1 saturated carbocycles. The molecule has 0 radical (unpaired) electrons. The Morgan fingerprint density at radius 2 is 1.86 bits per heavy atom. The van der Waals surface area contributed by atoms with Gasteiger partial charge in [-0.25, -0.2) is 9.37 Å². The second kappa shape index (κ2) is 17.5. The Labute approximate surface area is 295 Å². The first-order valence-corrected chi connectivity index (χ1v) is 17.7. The number of benzene rings is 1. The van der Waals surface area contributed by atoms with Crippen molar-refractivity contribution in [2.45, 2.75) is 77.4 Å². The van der Waals surface area contributed by atoms with Gasteiger partial charge in [0, 0.05) is 38.2 Å². The van der Waals surface area contributed by atoms with Gasteiger partial charge in [0.1, 0.15) is 17.8 Å². The number of amides is 4. The number of carbonyl (C=O) groups is 4. The number of aromatic nitrogens is 1. The first-order chi connectivity index (χ1) is 23.7. The fourth-order valence-electron chi connectivity index (χ4n) is 5.44. The van der Waals surface area contributed by atoms with Gasteiger partial charge < -0.3 is 45.9 Å². The summed E-state index contributed by atoms with van der Waals surface area (Å²) in [5.41, 5.74) is 6.58. The van der Waals surface area contributed by atoms with E-state index in [0.29, 0.717) is 44.3 Å². The third-order valence-electron chi connectivity index (χ3n) is 8.44. The van der Waals surface area contributed by atoms with E-state index < -0.39 is 47.0 Å².